The predicted octanol–water partition coefficient (Wildman–Crippen LogP) is 3.75. The van der Waals surface area contributed by atoms with Crippen LogP contribution in [-0.4, -0.2) is 33.8 Å². The standard InChI is InChI=1S/C21H24N2O4/c1-5-13(21(24)14-6-7-17(23(2)3)16(22)9-14)8-15-10-19-20(27-12-26-19)11-18(15)25-4/h6-11H,5,12,22H2,1-4H3. The first-order valence-corrected chi connectivity index (χ1v) is 8.74. The molecule has 1 aliphatic rings. The first kappa shape index (κ1) is 18.6. The molecule has 0 saturated heterocycles. The van der Waals surface area contributed by atoms with Crippen LogP contribution >= 0.6 is 0 Å². The smallest absolute Gasteiger partial charge is 0.231 e. The van der Waals surface area contributed by atoms with Crippen molar-refractivity contribution in [1.29, 1.82) is 0 Å². The maximum Gasteiger partial charge on any atom is 0.231 e. The van der Waals surface area contributed by atoms with Gasteiger partial charge >= 0.3 is 0 Å². The molecule has 1 heterocycles. The fourth-order valence-electron chi connectivity index (χ4n) is 3.03. The van der Waals surface area contributed by atoms with Gasteiger partial charge in [0.1, 0.15) is 5.75 Å². The molecule has 142 valence electrons. The van der Waals surface area contributed by atoms with Gasteiger partial charge in [-0.05, 0) is 36.8 Å². The highest BCUT2D eigenvalue weighted by Crippen LogP contribution is 2.39. The van der Waals surface area contributed by atoms with E-state index in [0.29, 0.717) is 40.5 Å². The van der Waals surface area contributed by atoms with E-state index < -0.39 is 0 Å². The molecule has 0 radical (unpaired) electrons. The lowest BCUT2D eigenvalue weighted by atomic mass is 9.97. The highest BCUT2D eigenvalue weighted by atomic mass is 16.7. The van der Waals surface area contributed by atoms with Crippen LogP contribution in [0.4, 0.5) is 11.4 Å². The Morgan fingerprint density at radius 1 is 1.22 bits per heavy atom. The van der Waals surface area contributed by atoms with E-state index in [0.717, 1.165) is 11.3 Å². The van der Waals surface area contributed by atoms with Gasteiger partial charge in [-0.1, -0.05) is 6.92 Å². The summed E-state index contributed by atoms with van der Waals surface area (Å²) in [4.78, 5) is 14.9. The van der Waals surface area contributed by atoms with E-state index in [1.54, 1.807) is 25.3 Å². The molecule has 3 rings (SSSR count). The summed E-state index contributed by atoms with van der Waals surface area (Å²) in [6.45, 7) is 2.13. The van der Waals surface area contributed by atoms with Crippen molar-refractivity contribution in [2.24, 2.45) is 0 Å². The summed E-state index contributed by atoms with van der Waals surface area (Å²) in [5.41, 5.74) is 9.54. The minimum Gasteiger partial charge on any atom is -0.496 e. The fraction of sp³-hybridized carbons (Fsp3) is 0.286. The Morgan fingerprint density at radius 3 is 2.52 bits per heavy atom. The first-order valence-electron chi connectivity index (χ1n) is 8.74. The summed E-state index contributed by atoms with van der Waals surface area (Å²) in [5.74, 6) is 1.85. The van der Waals surface area contributed by atoms with Gasteiger partial charge in [0.2, 0.25) is 6.79 Å². The van der Waals surface area contributed by atoms with Gasteiger partial charge in [0.05, 0.1) is 18.5 Å². The highest BCUT2D eigenvalue weighted by molar-refractivity contribution is 6.12. The molecule has 1 aliphatic heterocycles. The number of rotatable bonds is 6. The number of hydrogen-bond acceptors (Lipinski definition) is 6. The second-order valence-electron chi connectivity index (χ2n) is 6.47. The number of nitrogens with two attached hydrogens (primary N) is 1. The number of ether oxygens (including phenoxy) is 3. The zero-order valence-corrected chi connectivity index (χ0v) is 16.0. The van der Waals surface area contributed by atoms with Gasteiger partial charge in [0, 0.05) is 36.9 Å². The molecule has 27 heavy (non-hydrogen) atoms. The average Bonchev–Trinajstić information content (AvgIpc) is 3.11. The summed E-state index contributed by atoms with van der Waals surface area (Å²) in [6, 6.07) is 8.98. The van der Waals surface area contributed by atoms with Gasteiger partial charge in [-0.25, -0.2) is 0 Å². The van der Waals surface area contributed by atoms with Crippen LogP contribution in [0.1, 0.15) is 29.3 Å². The summed E-state index contributed by atoms with van der Waals surface area (Å²) >= 11 is 0. The lowest BCUT2D eigenvalue weighted by molar-refractivity contribution is 0.103. The molecule has 2 aromatic carbocycles. The number of hydrogen-bond donors (Lipinski definition) is 1. The number of Topliss-reactive ketones (excluding diaryl/α,β-unsaturated/α-hetero) is 1. The van der Waals surface area contributed by atoms with E-state index in [-0.39, 0.29) is 12.6 Å². The SMILES string of the molecule is CCC(=Cc1cc2c(cc1OC)OCO2)C(=O)c1ccc(N(C)C)c(N)c1. The number of anilines is 2. The minimum absolute atomic E-state index is 0.0609. The number of carbonyl (C=O) groups is 1. The largest absolute Gasteiger partial charge is 0.496 e. The summed E-state index contributed by atoms with van der Waals surface area (Å²) in [6.07, 6.45) is 2.41. The predicted molar refractivity (Wildman–Crippen MR) is 107 cm³/mol. The third kappa shape index (κ3) is 3.69. The molecule has 0 amide bonds. The van der Waals surface area contributed by atoms with Gasteiger partial charge in [0.25, 0.3) is 0 Å². The Morgan fingerprint density at radius 2 is 1.93 bits per heavy atom. The van der Waals surface area contributed by atoms with E-state index in [9.17, 15) is 4.79 Å². The van der Waals surface area contributed by atoms with Gasteiger partial charge in [0.15, 0.2) is 17.3 Å². The lowest BCUT2D eigenvalue weighted by Gasteiger charge is -2.16. The third-order valence-corrected chi connectivity index (χ3v) is 4.50. The topological polar surface area (TPSA) is 74.0 Å². The van der Waals surface area contributed by atoms with Crippen molar-refractivity contribution in [3.8, 4) is 17.2 Å². The van der Waals surface area contributed by atoms with Gasteiger partial charge in [-0.2, -0.15) is 0 Å². The van der Waals surface area contributed by atoms with Crippen LogP contribution in [0.15, 0.2) is 35.9 Å². The van der Waals surface area contributed by atoms with Crippen molar-refractivity contribution >= 4 is 23.2 Å². The van der Waals surface area contributed by atoms with Gasteiger partial charge < -0.3 is 24.8 Å². The van der Waals surface area contributed by atoms with E-state index in [1.807, 2.05) is 44.1 Å². The van der Waals surface area contributed by atoms with Crippen LogP contribution in [0, 0.1) is 0 Å². The first-order chi connectivity index (χ1) is 12.9. The molecule has 2 aromatic rings. The molecule has 6 heteroatoms. The highest BCUT2D eigenvalue weighted by Gasteiger charge is 2.19. The van der Waals surface area contributed by atoms with Crippen molar-refractivity contribution in [3.63, 3.8) is 0 Å². The molecule has 0 saturated carbocycles. The molecular weight excluding hydrogens is 344 g/mol. The number of methoxy groups -OCH3 is 1. The van der Waals surface area contributed by atoms with Gasteiger partial charge in [-0.15, -0.1) is 0 Å². The molecule has 0 unspecified atom stereocenters. The maximum atomic E-state index is 13.0. The molecule has 0 bridgehead atoms. The van der Waals surface area contributed by atoms with Crippen LogP contribution < -0.4 is 24.8 Å². The molecule has 0 atom stereocenters. The average molecular weight is 368 g/mol. The Balaban J connectivity index is 1.97. The molecule has 6 nitrogen and oxygen atoms in total. The van der Waals surface area contributed by atoms with Crippen LogP contribution in [-0.2, 0) is 0 Å². The second-order valence-corrected chi connectivity index (χ2v) is 6.47. The lowest BCUT2D eigenvalue weighted by Crippen LogP contribution is -2.12. The molecule has 0 aliphatic carbocycles. The van der Waals surface area contributed by atoms with E-state index in [4.69, 9.17) is 19.9 Å². The van der Waals surface area contributed by atoms with Crippen molar-refractivity contribution < 1.29 is 19.0 Å². The summed E-state index contributed by atoms with van der Waals surface area (Å²) in [5, 5.41) is 0. The number of nitrogens with zero attached hydrogens (tertiary/aromatic N) is 1. The number of ketones is 1. The van der Waals surface area contributed by atoms with Crippen LogP contribution in [0.5, 0.6) is 17.2 Å². The minimum atomic E-state index is -0.0609. The third-order valence-electron chi connectivity index (χ3n) is 4.50. The van der Waals surface area contributed by atoms with Gasteiger partial charge in [-0.3, -0.25) is 4.79 Å². The molecule has 0 fully saturated rings. The Kier molecular flexibility index (Phi) is 5.26. The summed E-state index contributed by atoms with van der Waals surface area (Å²) in [7, 11) is 5.41. The second kappa shape index (κ2) is 7.61. The number of carbonyl (C=O) groups excluding carboxylic acids is 1. The summed E-state index contributed by atoms with van der Waals surface area (Å²) < 4.78 is 16.3. The van der Waals surface area contributed by atoms with E-state index in [1.165, 1.54) is 0 Å². The van der Waals surface area contributed by atoms with Crippen LogP contribution in [0.3, 0.4) is 0 Å². The quantitative estimate of drug-likeness (QED) is 0.476. The number of nitrogen functional groups attached to an aromatic ring is 1. The normalized spacial score (nSPS) is 12.8. The number of fused-ring (bicyclic) bond motifs is 1. The van der Waals surface area contributed by atoms with Crippen LogP contribution in [0.25, 0.3) is 6.08 Å². The molecule has 0 spiro atoms. The number of allylic oxidation sites excluding steroid dienone is 1. The maximum absolute atomic E-state index is 13.0. The Hall–Kier alpha value is -3.15. The fourth-order valence-corrected chi connectivity index (χ4v) is 3.03. The zero-order valence-electron chi connectivity index (χ0n) is 16.0. The monoisotopic (exact) mass is 368 g/mol. The Labute approximate surface area is 159 Å². The van der Waals surface area contributed by atoms with Crippen LogP contribution in [0.2, 0.25) is 0 Å². The van der Waals surface area contributed by atoms with E-state index >= 15 is 0 Å². The van der Waals surface area contributed by atoms with Crippen molar-refractivity contribution in [1.82, 2.24) is 0 Å². The van der Waals surface area contributed by atoms with E-state index in [2.05, 4.69) is 0 Å². The van der Waals surface area contributed by atoms with Crippen molar-refractivity contribution in [2.75, 3.05) is 38.6 Å². The van der Waals surface area contributed by atoms with Crippen molar-refractivity contribution in [2.45, 2.75) is 13.3 Å². The zero-order chi connectivity index (χ0) is 19.6. The number of benzene rings is 2. The Bertz CT molecular complexity index is 903. The molecule has 2 N–H and O–H groups in total. The van der Waals surface area contributed by atoms with Crippen molar-refractivity contribution in [3.05, 3.63) is 47.0 Å². The molecule has 0 aromatic heterocycles. The molecular formula is C21H24N2O4.